The van der Waals surface area contributed by atoms with Gasteiger partial charge in [-0.15, -0.1) is 0 Å². The molecule has 35 heavy (non-hydrogen) atoms. The summed E-state index contributed by atoms with van der Waals surface area (Å²) < 4.78 is 13.9. The first-order chi connectivity index (χ1) is 16.5. The topological polar surface area (TPSA) is 100 Å². The third-order valence-corrected chi connectivity index (χ3v) is 7.08. The van der Waals surface area contributed by atoms with Crippen LogP contribution in [0.15, 0.2) is 34.6 Å². The molecule has 3 N–H and O–H groups in total. The van der Waals surface area contributed by atoms with Gasteiger partial charge in [-0.1, -0.05) is 28.9 Å². The van der Waals surface area contributed by atoms with Crippen LogP contribution in [-0.4, -0.2) is 64.8 Å². The number of nitrogens with zero attached hydrogens (tertiary/aromatic N) is 3. The summed E-state index contributed by atoms with van der Waals surface area (Å²) in [6.45, 7) is 7.09. The van der Waals surface area contributed by atoms with E-state index in [0.29, 0.717) is 35.9 Å². The highest BCUT2D eigenvalue weighted by Gasteiger charge is 2.47. The lowest BCUT2D eigenvalue weighted by molar-refractivity contribution is -0.121. The number of fused-ring (bicyclic) bond motifs is 1. The molecule has 10 heteroatoms. The zero-order chi connectivity index (χ0) is 25.3. The number of benzene rings is 1. The highest BCUT2D eigenvalue weighted by atomic mass is 35.5. The van der Waals surface area contributed by atoms with Crippen molar-refractivity contribution in [3.63, 3.8) is 0 Å². The minimum Gasteiger partial charge on any atom is -0.390 e. The minimum absolute atomic E-state index is 0.0502. The Balaban J connectivity index is 1.39. The van der Waals surface area contributed by atoms with E-state index in [1.165, 1.54) is 12.1 Å². The van der Waals surface area contributed by atoms with E-state index in [0.717, 1.165) is 31.4 Å². The summed E-state index contributed by atoms with van der Waals surface area (Å²) in [6, 6.07) is 5.47. The first kappa shape index (κ1) is 25.3. The predicted molar refractivity (Wildman–Crippen MR) is 133 cm³/mol. The molecule has 0 bridgehead atoms. The van der Waals surface area contributed by atoms with Crippen LogP contribution < -0.4 is 11.1 Å². The number of hydrogen-bond acceptors (Lipinski definition) is 5. The number of primary amides is 1. The van der Waals surface area contributed by atoms with Crippen molar-refractivity contribution in [3.05, 3.63) is 40.8 Å². The lowest BCUT2D eigenvalue weighted by Gasteiger charge is -2.41. The second-order valence-corrected chi connectivity index (χ2v) is 10.7. The van der Waals surface area contributed by atoms with Crippen molar-refractivity contribution >= 4 is 34.8 Å². The van der Waals surface area contributed by atoms with Gasteiger partial charge in [0, 0.05) is 31.2 Å². The molecule has 1 saturated heterocycles. The maximum atomic E-state index is 13.9. The first-order valence-corrected chi connectivity index (χ1v) is 12.4. The zero-order valence-corrected chi connectivity index (χ0v) is 21.1. The van der Waals surface area contributed by atoms with Crippen molar-refractivity contribution in [1.82, 2.24) is 15.1 Å². The standard InChI is InChI=1S/C25H33ClFN5O3/c1-25(2,3)35-30-18-9-7-17(8-10-18)29-24(34)31-11-12-32-19(14-31)21(23(28)33)20(22(32)26)15-5-4-6-16(27)13-15/h4-6,13,17,19,21H,7-12,14H2,1-3H3,(H2,28,33)(H,29,34)/t17?,19-,21+/m1/s1. The number of oxime groups is 1. The van der Waals surface area contributed by atoms with Gasteiger partial charge in [0.05, 0.1) is 17.7 Å². The molecule has 1 aromatic carbocycles. The van der Waals surface area contributed by atoms with Gasteiger partial charge >= 0.3 is 6.03 Å². The summed E-state index contributed by atoms with van der Waals surface area (Å²) >= 11 is 6.66. The van der Waals surface area contributed by atoms with Gasteiger partial charge in [-0.05, 0) is 64.2 Å². The molecule has 2 heterocycles. The van der Waals surface area contributed by atoms with Crippen LogP contribution in [0, 0.1) is 11.7 Å². The highest BCUT2D eigenvalue weighted by molar-refractivity contribution is 6.33. The Labute approximate surface area is 210 Å². The van der Waals surface area contributed by atoms with Gasteiger partial charge < -0.3 is 25.7 Å². The zero-order valence-electron chi connectivity index (χ0n) is 20.4. The molecule has 0 spiro atoms. The number of rotatable bonds is 4. The van der Waals surface area contributed by atoms with Crippen LogP contribution in [0.3, 0.4) is 0 Å². The molecule has 3 amide bonds. The molecular formula is C25H33ClFN5O3. The first-order valence-electron chi connectivity index (χ1n) is 12.0. The number of piperazine rings is 1. The smallest absolute Gasteiger partial charge is 0.317 e. The second-order valence-electron chi connectivity index (χ2n) is 10.4. The Hall–Kier alpha value is -2.81. The number of hydrogen-bond donors (Lipinski definition) is 2. The number of nitrogens with one attached hydrogen (secondary N) is 1. The predicted octanol–water partition coefficient (Wildman–Crippen LogP) is 3.66. The Morgan fingerprint density at radius 2 is 1.94 bits per heavy atom. The Bertz CT molecular complexity index is 1040. The third-order valence-electron chi connectivity index (χ3n) is 6.66. The molecule has 0 aromatic heterocycles. The minimum atomic E-state index is -0.740. The normalized spacial score (nSPS) is 24.8. The Morgan fingerprint density at radius 1 is 1.23 bits per heavy atom. The van der Waals surface area contributed by atoms with Gasteiger partial charge in [0.15, 0.2) is 0 Å². The van der Waals surface area contributed by atoms with Crippen LogP contribution >= 0.6 is 11.6 Å². The quantitative estimate of drug-likeness (QED) is 0.481. The number of carbonyl (C=O) groups is 2. The van der Waals surface area contributed by atoms with E-state index in [4.69, 9.17) is 22.2 Å². The van der Waals surface area contributed by atoms with E-state index >= 15 is 0 Å². The van der Waals surface area contributed by atoms with Crippen molar-refractivity contribution in [2.45, 2.75) is 64.1 Å². The number of nitrogens with two attached hydrogens (primary N) is 1. The highest BCUT2D eigenvalue weighted by Crippen LogP contribution is 2.43. The fourth-order valence-electron chi connectivity index (χ4n) is 4.94. The van der Waals surface area contributed by atoms with E-state index in [2.05, 4.69) is 10.5 Å². The molecule has 8 nitrogen and oxygen atoms in total. The van der Waals surface area contributed by atoms with Crippen molar-refractivity contribution in [2.24, 2.45) is 16.8 Å². The van der Waals surface area contributed by atoms with Crippen molar-refractivity contribution in [3.8, 4) is 0 Å². The molecule has 2 aliphatic heterocycles. The van der Waals surface area contributed by atoms with Gasteiger partial charge in [0.2, 0.25) is 5.91 Å². The molecule has 2 fully saturated rings. The van der Waals surface area contributed by atoms with E-state index in [9.17, 15) is 14.0 Å². The lowest BCUT2D eigenvalue weighted by atomic mass is 9.88. The second kappa shape index (κ2) is 10.0. The van der Waals surface area contributed by atoms with E-state index in [1.807, 2.05) is 25.7 Å². The van der Waals surface area contributed by atoms with Crippen LogP contribution in [0.1, 0.15) is 52.0 Å². The molecule has 1 aromatic rings. The molecule has 1 aliphatic carbocycles. The fraction of sp³-hybridized carbons (Fsp3) is 0.560. The summed E-state index contributed by atoms with van der Waals surface area (Å²) in [4.78, 5) is 34.7. The van der Waals surface area contributed by atoms with E-state index in [-0.39, 0.29) is 17.7 Å². The number of urea groups is 1. The van der Waals surface area contributed by atoms with Crippen LogP contribution in [0.25, 0.3) is 5.57 Å². The van der Waals surface area contributed by atoms with Crippen LogP contribution in [0.2, 0.25) is 0 Å². The van der Waals surface area contributed by atoms with Crippen LogP contribution in [-0.2, 0) is 9.63 Å². The van der Waals surface area contributed by atoms with Crippen molar-refractivity contribution < 1.29 is 18.8 Å². The van der Waals surface area contributed by atoms with Crippen molar-refractivity contribution in [2.75, 3.05) is 19.6 Å². The number of amides is 3. The molecule has 2 atom stereocenters. The molecule has 0 unspecified atom stereocenters. The molecular weight excluding hydrogens is 473 g/mol. The van der Waals surface area contributed by atoms with Gasteiger partial charge in [-0.3, -0.25) is 4.79 Å². The van der Waals surface area contributed by atoms with Crippen LogP contribution in [0.4, 0.5) is 9.18 Å². The van der Waals surface area contributed by atoms with E-state index in [1.54, 1.807) is 17.0 Å². The summed E-state index contributed by atoms with van der Waals surface area (Å²) in [5, 5.41) is 7.78. The average Bonchev–Trinajstić information content (AvgIpc) is 3.10. The maximum absolute atomic E-state index is 13.9. The molecule has 4 rings (SSSR count). The monoisotopic (exact) mass is 505 g/mol. The molecule has 190 valence electrons. The van der Waals surface area contributed by atoms with E-state index < -0.39 is 23.7 Å². The largest absolute Gasteiger partial charge is 0.390 e. The Kier molecular flexibility index (Phi) is 7.26. The Morgan fingerprint density at radius 3 is 2.57 bits per heavy atom. The lowest BCUT2D eigenvalue weighted by Crippen LogP contribution is -2.58. The van der Waals surface area contributed by atoms with Gasteiger partial charge in [0.25, 0.3) is 0 Å². The van der Waals surface area contributed by atoms with Gasteiger partial charge in [-0.25, -0.2) is 9.18 Å². The maximum Gasteiger partial charge on any atom is 0.317 e. The summed E-state index contributed by atoms with van der Waals surface area (Å²) in [5.41, 5.74) is 7.51. The summed E-state index contributed by atoms with van der Waals surface area (Å²) in [6.07, 6.45) is 3.14. The van der Waals surface area contributed by atoms with Gasteiger partial charge in [0.1, 0.15) is 16.6 Å². The number of halogens is 2. The summed E-state index contributed by atoms with van der Waals surface area (Å²) in [5.74, 6) is -1.70. The average molecular weight is 506 g/mol. The SMILES string of the molecule is CC(C)(C)ON=C1CCC(NC(=O)N2CCN3C(Cl)=C(c4cccc(F)c4)[C@@H](C(N)=O)[C@H]3C2)CC1. The third kappa shape index (κ3) is 5.72. The molecule has 1 saturated carbocycles. The molecule has 0 radical (unpaired) electrons. The molecule has 3 aliphatic rings. The van der Waals surface area contributed by atoms with Crippen LogP contribution in [0.5, 0.6) is 0 Å². The fourth-order valence-corrected chi connectivity index (χ4v) is 5.38. The summed E-state index contributed by atoms with van der Waals surface area (Å²) in [7, 11) is 0. The van der Waals surface area contributed by atoms with Gasteiger partial charge in [-0.2, -0.15) is 0 Å². The van der Waals surface area contributed by atoms with Crippen molar-refractivity contribution in [1.29, 1.82) is 0 Å². The number of carbonyl (C=O) groups excluding carboxylic acids is 2.